The van der Waals surface area contributed by atoms with Crippen molar-refractivity contribution in [2.24, 2.45) is 11.8 Å². The molecule has 0 unspecified atom stereocenters. The number of benzene rings is 1. The third-order valence-electron chi connectivity index (χ3n) is 7.38. The molecule has 4 heteroatoms. The second kappa shape index (κ2) is 6.31. The van der Waals surface area contributed by atoms with Gasteiger partial charge in [0.15, 0.2) is 11.8 Å². The van der Waals surface area contributed by atoms with Crippen LogP contribution < -0.4 is 4.74 Å². The summed E-state index contributed by atoms with van der Waals surface area (Å²) < 4.78 is 20.7. The Morgan fingerprint density at radius 1 is 1.26 bits per heavy atom. The van der Waals surface area contributed by atoms with Crippen molar-refractivity contribution >= 4 is 6.21 Å². The molecular formula is C23H32NO3+. The molecule has 1 spiro atoms. The van der Waals surface area contributed by atoms with E-state index in [-0.39, 0.29) is 11.2 Å². The van der Waals surface area contributed by atoms with E-state index in [4.69, 9.17) is 14.2 Å². The standard InChI is InChI=1S/C23H32NO3/c1-16(2)14-24-9-8-22-15-23(26-10-11-27-23)7-6-19(22)21(24)12-17-4-5-18(25-3)13-20(17)22/h4-5,9,13,16,19,21H,6-8,10-12,14-15H2,1-3H3/q+1/t19-,21+,22-/m0/s1. The minimum Gasteiger partial charge on any atom is -0.497 e. The fraction of sp³-hybridized carbons (Fsp3) is 0.696. The first kappa shape index (κ1) is 17.7. The van der Waals surface area contributed by atoms with Crippen LogP contribution in [0.4, 0.5) is 0 Å². The summed E-state index contributed by atoms with van der Waals surface area (Å²) in [5.41, 5.74) is 3.10. The predicted molar refractivity (Wildman–Crippen MR) is 105 cm³/mol. The topological polar surface area (TPSA) is 30.7 Å². The molecule has 2 bridgehead atoms. The highest BCUT2D eigenvalue weighted by molar-refractivity contribution is 5.60. The molecule has 2 aliphatic carbocycles. The third kappa shape index (κ3) is 2.67. The lowest BCUT2D eigenvalue weighted by molar-refractivity contribution is -0.587. The Morgan fingerprint density at radius 3 is 2.81 bits per heavy atom. The number of hydrogen-bond acceptors (Lipinski definition) is 3. The van der Waals surface area contributed by atoms with Crippen molar-refractivity contribution in [2.45, 2.75) is 63.2 Å². The summed E-state index contributed by atoms with van der Waals surface area (Å²) in [5.74, 6) is 1.95. The van der Waals surface area contributed by atoms with Crippen LogP contribution in [0.2, 0.25) is 0 Å². The summed E-state index contributed by atoms with van der Waals surface area (Å²) in [6.07, 6.45) is 7.92. The second-order valence-electron chi connectivity index (χ2n) is 9.36. The first-order valence-corrected chi connectivity index (χ1v) is 10.6. The summed E-state index contributed by atoms with van der Waals surface area (Å²) in [7, 11) is 1.77. The molecule has 4 aliphatic rings. The van der Waals surface area contributed by atoms with Crippen LogP contribution in [0.5, 0.6) is 5.75 Å². The maximum atomic E-state index is 6.20. The summed E-state index contributed by atoms with van der Waals surface area (Å²) in [6.45, 7) is 7.28. The molecule has 2 fully saturated rings. The highest BCUT2D eigenvalue weighted by Gasteiger charge is 2.62. The van der Waals surface area contributed by atoms with Crippen LogP contribution in [0.1, 0.15) is 50.7 Å². The molecule has 0 N–H and O–H groups in total. The van der Waals surface area contributed by atoms with Crippen LogP contribution in [0.25, 0.3) is 0 Å². The average molecular weight is 371 g/mol. The zero-order valence-corrected chi connectivity index (χ0v) is 16.9. The van der Waals surface area contributed by atoms with Gasteiger partial charge in [-0.15, -0.1) is 0 Å². The lowest BCUT2D eigenvalue weighted by Gasteiger charge is -2.55. The lowest BCUT2D eigenvalue weighted by atomic mass is 9.52. The van der Waals surface area contributed by atoms with Gasteiger partial charge in [0.05, 0.1) is 20.3 Å². The van der Waals surface area contributed by atoms with Gasteiger partial charge in [0.1, 0.15) is 18.5 Å². The van der Waals surface area contributed by atoms with E-state index in [0.717, 1.165) is 51.2 Å². The highest BCUT2D eigenvalue weighted by Crippen LogP contribution is 2.58. The van der Waals surface area contributed by atoms with E-state index in [1.165, 1.54) is 17.5 Å². The quantitative estimate of drug-likeness (QED) is 0.763. The molecule has 3 atom stereocenters. The van der Waals surface area contributed by atoms with Crippen molar-refractivity contribution in [1.82, 2.24) is 0 Å². The minimum atomic E-state index is -0.368. The van der Waals surface area contributed by atoms with Crippen LogP contribution in [0, 0.1) is 11.8 Å². The van der Waals surface area contributed by atoms with E-state index < -0.39 is 0 Å². The maximum absolute atomic E-state index is 6.20. The van der Waals surface area contributed by atoms with Crippen LogP contribution >= 0.6 is 0 Å². The van der Waals surface area contributed by atoms with Crippen molar-refractivity contribution < 1.29 is 18.8 Å². The number of methoxy groups -OCH3 is 1. The molecule has 2 heterocycles. The summed E-state index contributed by atoms with van der Waals surface area (Å²) in [6, 6.07) is 7.33. The Kier molecular flexibility index (Phi) is 4.14. The maximum Gasteiger partial charge on any atom is 0.169 e. The number of nitrogens with zero attached hydrogens (tertiary/aromatic N) is 1. The molecule has 146 valence electrons. The minimum absolute atomic E-state index is 0.114. The van der Waals surface area contributed by atoms with Crippen molar-refractivity contribution in [3.63, 3.8) is 0 Å². The third-order valence-corrected chi connectivity index (χ3v) is 7.38. The van der Waals surface area contributed by atoms with E-state index in [9.17, 15) is 0 Å². The van der Waals surface area contributed by atoms with Crippen molar-refractivity contribution in [1.29, 1.82) is 0 Å². The predicted octanol–water partition coefficient (Wildman–Crippen LogP) is 3.54. The summed E-state index contributed by atoms with van der Waals surface area (Å²) in [5, 5.41) is 0. The summed E-state index contributed by atoms with van der Waals surface area (Å²) >= 11 is 0. The van der Waals surface area contributed by atoms with E-state index in [0.29, 0.717) is 17.9 Å². The van der Waals surface area contributed by atoms with E-state index in [2.05, 4.69) is 42.8 Å². The van der Waals surface area contributed by atoms with Gasteiger partial charge in [-0.2, -0.15) is 0 Å². The molecule has 0 radical (unpaired) electrons. The molecule has 27 heavy (non-hydrogen) atoms. The lowest BCUT2D eigenvalue weighted by Crippen LogP contribution is -2.61. The van der Waals surface area contributed by atoms with Gasteiger partial charge in [-0.25, -0.2) is 4.58 Å². The molecule has 2 aliphatic heterocycles. The molecule has 4 nitrogen and oxygen atoms in total. The number of hydrogen-bond donors (Lipinski definition) is 0. The molecule has 1 aromatic rings. The molecule has 5 rings (SSSR count). The van der Waals surface area contributed by atoms with Crippen LogP contribution in [-0.2, 0) is 21.3 Å². The largest absolute Gasteiger partial charge is 0.497 e. The van der Waals surface area contributed by atoms with Gasteiger partial charge in [0.25, 0.3) is 0 Å². The van der Waals surface area contributed by atoms with Crippen LogP contribution in [0.3, 0.4) is 0 Å². The Balaban J connectivity index is 1.62. The fourth-order valence-electron chi connectivity index (χ4n) is 6.37. The molecule has 0 amide bonds. The van der Waals surface area contributed by atoms with E-state index >= 15 is 0 Å². The number of ether oxygens (including phenoxy) is 3. The molecule has 1 saturated heterocycles. The highest BCUT2D eigenvalue weighted by atomic mass is 16.7. The zero-order chi connectivity index (χ0) is 18.6. The number of rotatable bonds is 3. The van der Waals surface area contributed by atoms with Gasteiger partial charge < -0.3 is 14.2 Å². The van der Waals surface area contributed by atoms with Gasteiger partial charge in [0.2, 0.25) is 0 Å². The second-order valence-corrected chi connectivity index (χ2v) is 9.36. The Hall–Kier alpha value is -1.39. The normalized spacial score (nSPS) is 33.6. The SMILES string of the molecule is COc1ccc2c(c1)[C@]13CC=[N+](CC(C)C)[C@H](C2)[C@@H]1CCC1(C3)OCCO1. The van der Waals surface area contributed by atoms with Crippen molar-refractivity contribution in [2.75, 3.05) is 26.9 Å². The van der Waals surface area contributed by atoms with E-state index in [1.54, 1.807) is 7.11 Å². The van der Waals surface area contributed by atoms with Gasteiger partial charge in [-0.05, 0) is 29.7 Å². The Labute approximate surface area is 162 Å². The Bertz CT molecular complexity index is 765. The summed E-state index contributed by atoms with van der Waals surface area (Å²) in [4.78, 5) is 0. The van der Waals surface area contributed by atoms with E-state index in [1.807, 2.05) is 0 Å². The first-order chi connectivity index (χ1) is 13.1. The van der Waals surface area contributed by atoms with Crippen LogP contribution in [0.15, 0.2) is 18.2 Å². The molecule has 0 aromatic heterocycles. The van der Waals surface area contributed by atoms with Gasteiger partial charge in [-0.1, -0.05) is 19.9 Å². The van der Waals surface area contributed by atoms with Gasteiger partial charge in [0, 0.05) is 42.9 Å². The van der Waals surface area contributed by atoms with Crippen molar-refractivity contribution in [3.8, 4) is 5.75 Å². The first-order valence-electron chi connectivity index (χ1n) is 10.6. The van der Waals surface area contributed by atoms with Gasteiger partial charge >= 0.3 is 0 Å². The average Bonchev–Trinajstić information content (AvgIpc) is 3.10. The number of fused-ring (bicyclic) bond motifs is 1. The van der Waals surface area contributed by atoms with Crippen molar-refractivity contribution in [3.05, 3.63) is 29.3 Å². The monoisotopic (exact) mass is 370 g/mol. The smallest absolute Gasteiger partial charge is 0.169 e. The fourth-order valence-corrected chi connectivity index (χ4v) is 6.37. The molecule has 1 saturated carbocycles. The van der Waals surface area contributed by atoms with Crippen LogP contribution in [-0.4, -0.2) is 49.5 Å². The van der Waals surface area contributed by atoms with Gasteiger partial charge in [-0.3, -0.25) is 0 Å². The molecule has 1 aromatic carbocycles. The molecular weight excluding hydrogens is 338 g/mol. The zero-order valence-electron chi connectivity index (χ0n) is 16.9. The Morgan fingerprint density at radius 2 is 2.07 bits per heavy atom.